The largest absolute Gasteiger partial charge is 0.489 e. The van der Waals surface area contributed by atoms with Crippen LogP contribution in [0.3, 0.4) is 0 Å². The van der Waals surface area contributed by atoms with Gasteiger partial charge in [0.25, 0.3) is 5.91 Å². The minimum Gasteiger partial charge on any atom is -0.489 e. The van der Waals surface area contributed by atoms with Crippen LogP contribution in [0.5, 0.6) is 5.75 Å². The van der Waals surface area contributed by atoms with Crippen molar-refractivity contribution < 1.29 is 40.7 Å². The molecular formula is C19H14F6N2O3. The van der Waals surface area contributed by atoms with Gasteiger partial charge in [-0.25, -0.2) is 0 Å². The highest BCUT2D eigenvalue weighted by Crippen LogP contribution is 2.36. The Balaban J connectivity index is 1.80. The van der Waals surface area contributed by atoms with Crippen molar-refractivity contribution in [2.45, 2.75) is 25.5 Å². The van der Waals surface area contributed by atoms with Gasteiger partial charge in [-0.15, -0.1) is 0 Å². The van der Waals surface area contributed by atoms with Crippen LogP contribution >= 0.6 is 0 Å². The molecule has 0 radical (unpaired) electrons. The fourth-order valence-electron chi connectivity index (χ4n) is 3.03. The zero-order valence-corrected chi connectivity index (χ0v) is 15.1. The second kappa shape index (κ2) is 7.54. The maximum absolute atomic E-state index is 12.9. The predicted octanol–water partition coefficient (Wildman–Crippen LogP) is 3.74. The monoisotopic (exact) mass is 432 g/mol. The fraction of sp³-hybridized carbons (Fsp3) is 0.263. The zero-order valence-electron chi connectivity index (χ0n) is 15.1. The number of alkyl halides is 6. The molecule has 2 N–H and O–H groups in total. The first-order valence-electron chi connectivity index (χ1n) is 8.46. The van der Waals surface area contributed by atoms with Crippen LogP contribution < -0.4 is 10.5 Å². The van der Waals surface area contributed by atoms with E-state index in [0.717, 1.165) is 0 Å². The molecule has 0 bridgehead atoms. The third-order valence-electron chi connectivity index (χ3n) is 4.36. The van der Waals surface area contributed by atoms with Crippen LogP contribution in [0.4, 0.5) is 26.3 Å². The lowest BCUT2D eigenvalue weighted by molar-refractivity contribution is -0.143. The summed E-state index contributed by atoms with van der Waals surface area (Å²) in [4.78, 5) is 24.4. The van der Waals surface area contributed by atoms with Gasteiger partial charge in [-0.2, -0.15) is 26.3 Å². The number of fused-ring (bicyclic) bond motifs is 1. The summed E-state index contributed by atoms with van der Waals surface area (Å²) in [5.41, 5.74) is 2.70. The number of benzene rings is 2. The first kappa shape index (κ1) is 21.5. The number of nitrogens with zero attached hydrogens (tertiary/aromatic N) is 1. The number of hydrogen-bond acceptors (Lipinski definition) is 3. The molecule has 2 aromatic carbocycles. The van der Waals surface area contributed by atoms with E-state index < -0.39 is 41.9 Å². The normalized spacial score (nSPS) is 14.1. The summed E-state index contributed by atoms with van der Waals surface area (Å²) in [5, 5.41) is 0. The molecule has 0 unspecified atom stereocenters. The average molecular weight is 432 g/mol. The molecule has 0 saturated carbocycles. The molecule has 0 fully saturated rings. The van der Waals surface area contributed by atoms with Gasteiger partial charge in [-0.3, -0.25) is 9.59 Å². The lowest BCUT2D eigenvalue weighted by Gasteiger charge is -2.15. The Labute approximate surface area is 166 Å². The van der Waals surface area contributed by atoms with E-state index in [2.05, 4.69) is 0 Å². The van der Waals surface area contributed by atoms with Gasteiger partial charge >= 0.3 is 12.4 Å². The number of primary amides is 1. The lowest BCUT2D eigenvalue weighted by Crippen LogP contribution is -2.33. The highest BCUT2D eigenvalue weighted by Gasteiger charge is 2.37. The number of ether oxygens (including phenoxy) is 1. The molecule has 1 heterocycles. The molecule has 2 amide bonds. The van der Waals surface area contributed by atoms with Gasteiger partial charge in [0.05, 0.1) is 17.7 Å². The molecule has 5 nitrogen and oxygen atoms in total. The molecule has 3 rings (SSSR count). The van der Waals surface area contributed by atoms with Crippen LogP contribution in [0.2, 0.25) is 0 Å². The van der Waals surface area contributed by atoms with Gasteiger partial charge in [0, 0.05) is 12.1 Å². The van der Waals surface area contributed by atoms with Crippen molar-refractivity contribution in [2.75, 3.05) is 6.54 Å². The topological polar surface area (TPSA) is 72.6 Å². The highest BCUT2D eigenvalue weighted by molar-refractivity contribution is 6.00. The Hall–Kier alpha value is -3.24. The maximum Gasteiger partial charge on any atom is 0.416 e. The van der Waals surface area contributed by atoms with Gasteiger partial charge in [0.2, 0.25) is 5.91 Å². The number of halogens is 6. The molecule has 1 aliphatic rings. The third-order valence-corrected chi connectivity index (χ3v) is 4.36. The van der Waals surface area contributed by atoms with Gasteiger partial charge < -0.3 is 15.4 Å². The molecule has 160 valence electrons. The van der Waals surface area contributed by atoms with Crippen LogP contribution in [-0.4, -0.2) is 23.3 Å². The van der Waals surface area contributed by atoms with E-state index in [4.69, 9.17) is 10.5 Å². The quantitative estimate of drug-likeness (QED) is 0.732. The number of rotatable bonds is 5. The highest BCUT2D eigenvalue weighted by atomic mass is 19.4. The maximum atomic E-state index is 12.9. The van der Waals surface area contributed by atoms with E-state index in [1.54, 1.807) is 0 Å². The zero-order chi connectivity index (χ0) is 22.3. The Kier molecular flexibility index (Phi) is 5.40. The van der Waals surface area contributed by atoms with Crippen LogP contribution in [-0.2, 0) is 30.3 Å². The van der Waals surface area contributed by atoms with Crippen molar-refractivity contribution in [3.05, 3.63) is 64.2 Å². The van der Waals surface area contributed by atoms with Crippen LogP contribution in [0.25, 0.3) is 0 Å². The van der Waals surface area contributed by atoms with Crippen molar-refractivity contribution in [1.29, 1.82) is 0 Å². The molecule has 11 heteroatoms. The van der Waals surface area contributed by atoms with Crippen LogP contribution in [0, 0.1) is 0 Å². The van der Waals surface area contributed by atoms with Crippen LogP contribution in [0.15, 0.2) is 36.4 Å². The smallest absolute Gasteiger partial charge is 0.416 e. The summed E-state index contributed by atoms with van der Waals surface area (Å²) in [6, 6.07) is 5.41. The SMILES string of the molecule is NC(=O)CN1Cc2cc(OCc3cc(C(F)(F)F)cc(C(F)(F)F)c3)ccc2C1=O. The van der Waals surface area contributed by atoms with Crippen molar-refractivity contribution in [3.8, 4) is 5.75 Å². The van der Waals surface area contributed by atoms with Crippen molar-refractivity contribution in [3.63, 3.8) is 0 Å². The number of carbonyl (C=O) groups excluding carboxylic acids is 2. The standard InChI is InChI=1S/C19H14F6N2O3/c20-18(21,22)12-3-10(4-13(6-12)19(23,24)25)9-30-14-1-2-15-11(5-14)7-27(17(15)29)8-16(26)28/h1-6H,7-9H2,(H2,26,28). The van der Waals surface area contributed by atoms with Gasteiger partial charge in [0.15, 0.2) is 0 Å². The fourth-order valence-corrected chi connectivity index (χ4v) is 3.03. The molecule has 30 heavy (non-hydrogen) atoms. The number of hydrogen-bond donors (Lipinski definition) is 1. The average Bonchev–Trinajstić information content (AvgIpc) is 2.93. The summed E-state index contributed by atoms with van der Waals surface area (Å²) in [5.74, 6) is -0.964. The first-order chi connectivity index (χ1) is 13.8. The van der Waals surface area contributed by atoms with E-state index >= 15 is 0 Å². The minimum absolute atomic E-state index is 0.0395. The molecule has 0 atom stereocenters. The Morgan fingerprint density at radius 2 is 1.60 bits per heavy atom. The third kappa shape index (κ3) is 4.66. The Bertz CT molecular complexity index is 968. The summed E-state index contributed by atoms with van der Waals surface area (Å²) in [7, 11) is 0. The molecule has 0 saturated heterocycles. The Morgan fingerprint density at radius 1 is 1.00 bits per heavy atom. The van der Waals surface area contributed by atoms with Crippen molar-refractivity contribution in [1.82, 2.24) is 4.90 Å². The lowest BCUT2D eigenvalue weighted by atomic mass is 10.1. The van der Waals surface area contributed by atoms with Gasteiger partial charge in [-0.05, 0) is 47.5 Å². The first-order valence-corrected chi connectivity index (χ1v) is 8.46. The molecule has 0 spiro atoms. The molecular weight excluding hydrogens is 418 g/mol. The summed E-state index contributed by atoms with van der Waals surface area (Å²) < 4.78 is 83.0. The van der Waals surface area contributed by atoms with E-state index in [1.165, 1.54) is 23.1 Å². The van der Waals surface area contributed by atoms with Crippen LogP contribution in [0.1, 0.15) is 32.6 Å². The number of amides is 2. The molecule has 1 aliphatic heterocycles. The van der Waals surface area contributed by atoms with Gasteiger partial charge in [-0.1, -0.05) is 0 Å². The van der Waals surface area contributed by atoms with E-state index in [9.17, 15) is 35.9 Å². The van der Waals surface area contributed by atoms with E-state index in [-0.39, 0.29) is 30.5 Å². The van der Waals surface area contributed by atoms with Crippen molar-refractivity contribution >= 4 is 11.8 Å². The van der Waals surface area contributed by atoms with Crippen molar-refractivity contribution in [2.24, 2.45) is 5.73 Å². The number of carbonyl (C=O) groups is 2. The van der Waals surface area contributed by atoms with E-state index in [1.807, 2.05) is 0 Å². The molecule has 0 aromatic heterocycles. The van der Waals surface area contributed by atoms with E-state index in [0.29, 0.717) is 23.3 Å². The molecule has 2 aromatic rings. The molecule has 0 aliphatic carbocycles. The van der Waals surface area contributed by atoms with Gasteiger partial charge in [0.1, 0.15) is 12.4 Å². The second-order valence-corrected chi connectivity index (χ2v) is 6.65. The second-order valence-electron chi connectivity index (χ2n) is 6.65. The summed E-state index contributed by atoms with van der Waals surface area (Å²) >= 11 is 0. The number of nitrogens with two attached hydrogens (primary N) is 1. The summed E-state index contributed by atoms with van der Waals surface area (Å²) in [6.07, 6.45) is -9.90. The predicted molar refractivity (Wildman–Crippen MR) is 91.2 cm³/mol. The summed E-state index contributed by atoms with van der Waals surface area (Å²) in [6.45, 7) is -0.755. The minimum atomic E-state index is -4.95. The Morgan fingerprint density at radius 3 is 2.13 bits per heavy atom.